The Balaban J connectivity index is 1.69. The molecular weight excluding hydrogens is 338 g/mol. The molecule has 0 radical (unpaired) electrons. The molecular formula is C20H21N7. The molecule has 1 aliphatic rings. The Morgan fingerprint density at radius 3 is 2.70 bits per heavy atom. The van der Waals surface area contributed by atoms with Gasteiger partial charge in [0.25, 0.3) is 0 Å². The van der Waals surface area contributed by atoms with Gasteiger partial charge in [-0.1, -0.05) is 18.2 Å². The van der Waals surface area contributed by atoms with Crippen molar-refractivity contribution in [3.8, 4) is 11.3 Å². The van der Waals surface area contributed by atoms with Crippen LogP contribution in [-0.2, 0) is 0 Å². The lowest BCUT2D eigenvalue weighted by molar-refractivity contribution is 0.584. The fourth-order valence-electron chi connectivity index (χ4n) is 3.86. The molecule has 4 aromatic rings. The van der Waals surface area contributed by atoms with Gasteiger partial charge in [0.15, 0.2) is 11.5 Å². The topological polar surface area (TPSA) is 71.2 Å². The van der Waals surface area contributed by atoms with Crippen LogP contribution in [-0.4, -0.2) is 50.7 Å². The van der Waals surface area contributed by atoms with Crippen LogP contribution in [0.4, 0.5) is 5.82 Å². The predicted molar refractivity (Wildman–Crippen MR) is 106 cm³/mol. The molecule has 7 heteroatoms. The van der Waals surface area contributed by atoms with E-state index in [1.807, 2.05) is 26.2 Å². The normalized spacial score (nSPS) is 15.0. The summed E-state index contributed by atoms with van der Waals surface area (Å²) in [6.07, 6.45) is 5.92. The molecule has 1 aromatic carbocycles. The molecule has 1 saturated heterocycles. The molecule has 0 atom stereocenters. The molecule has 0 aliphatic carbocycles. The first-order valence-corrected chi connectivity index (χ1v) is 9.24. The van der Waals surface area contributed by atoms with Crippen molar-refractivity contribution in [1.82, 2.24) is 29.9 Å². The second-order valence-electron chi connectivity index (χ2n) is 7.00. The minimum Gasteiger partial charge on any atom is -0.352 e. The smallest absolute Gasteiger partial charge is 0.159 e. The van der Waals surface area contributed by atoms with Gasteiger partial charge in [0.1, 0.15) is 0 Å². The van der Waals surface area contributed by atoms with Gasteiger partial charge in [-0.05, 0) is 13.8 Å². The van der Waals surface area contributed by atoms with Crippen LogP contribution in [0.25, 0.3) is 27.7 Å². The molecule has 0 unspecified atom stereocenters. The van der Waals surface area contributed by atoms with Crippen molar-refractivity contribution in [3.63, 3.8) is 0 Å². The zero-order valence-electron chi connectivity index (χ0n) is 15.5. The summed E-state index contributed by atoms with van der Waals surface area (Å²) >= 11 is 0. The van der Waals surface area contributed by atoms with Crippen molar-refractivity contribution < 1.29 is 0 Å². The van der Waals surface area contributed by atoms with Gasteiger partial charge in [-0.2, -0.15) is 5.10 Å². The third-order valence-corrected chi connectivity index (χ3v) is 5.10. The number of rotatable bonds is 2. The quantitative estimate of drug-likeness (QED) is 0.592. The molecule has 4 heterocycles. The van der Waals surface area contributed by atoms with Crippen molar-refractivity contribution >= 4 is 22.2 Å². The highest BCUT2D eigenvalue weighted by Gasteiger charge is 2.17. The Labute approximate surface area is 157 Å². The van der Waals surface area contributed by atoms with E-state index in [0.29, 0.717) is 0 Å². The zero-order chi connectivity index (χ0) is 18.4. The number of hydrogen-bond acceptors (Lipinski definition) is 6. The van der Waals surface area contributed by atoms with Crippen LogP contribution in [0.5, 0.6) is 0 Å². The summed E-state index contributed by atoms with van der Waals surface area (Å²) in [6, 6.07) is 6.30. The highest BCUT2D eigenvalue weighted by atomic mass is 15.3. The summed E-state index contributed by atoms with van der Waals surface area (Å²) in [7, 11) is 0. The second-order valence-corrected chi connectivity index (χ2v) is 7.00. The number of anilines is 1. The van der Waals surface area contributed by atoms with Crippen molar-refractivity contribution in [2.75, 3.05) is 31.1 Å². The summed E-state index contributed by atoms with van der Waals surface area (Å²) in [5, 5.41) is 14.3. The molecule has 1 fully saturated rings. The van der Waals surface area contributed by atoms with Crippen molar-refractivity contribution in [3.05, 3.63) is 48.2 Å². The molecule has 0 amide bonds. The van der Waals surface area contributed by atoms with E-state index in [0.717, 1.165) is 71.1 Å². The van der Waals surface area contributed by atoms with E-state index < -0.39 is 0 Å². The minimum atomic E-state index is 0.886. The molecule has 136 valence electrons. The van der Waals surface area contributed by atoms with Crippen LogP contribution < -0.4 is 10.2 Å². The van der Waals surface area contributed by atoms with Crippen LogP contribution in [0.1, 0.15) is 11.4 Å². The van der Waals surface area contributed by atoms with E-state index in [4.69, 9.17) is 4.98 Å². The number of piperazine rings is 1. The average Bonchev–Trinajstić information content (AvgIpc) is 3.12. The van der Waals surface area contributed by atoms with Gasteiger partial charge in [0.2, 0.25) is 0 Å². The lowest BCUT2D eigenvalue weighted by Gasteiger charge is -2.28. The summed E-state index contributed by atoms with van der Waals surface area (Å²) in [6.45, 7) is 7.81. The van der Waals surface area contributed by atoms with Gasteiger partial charge in [-0.25, -0.2) is 4.98 Å². The molecule has 0 saturated carbocycles. The standard InChI is InChI=1S/C20H21N7/c1-13-11-27-12-18(24-19(27)14(2)23-13)15-4-3-5-16-17(15)10-22-25-20(16)26-8-6-21-7-9-26/h3-5,10-12,21H,6-9H2,1-2H3. The van der Waals surface area contributed by atoms with E-state index in [1.165, 1.54) is 0 Å². The van der Waals surface area contributed by atoms with Gasteiger partial charge in [0.05, 0.1) is 23.3 Å². The van der Waals surface area contributed by atoms with Crippen LogP contribution >= 0.6 is 0 Å². The first-order valence-electron chi connectivity index (χ1n) is 9.24. The Kier molecular flexibility index (Phi) is 3.75. The third kappa shape index (κ3) is 2.71. The number of hydrogen-bond donors (Lipinski definition) is 1. The molecule has 7 nitrogen and oxygen atoms in total. The van der Waals surface area contributed by atoms with Crippen molar-refractivity contribution in [2.45, 2.75) is 13.8 Å². The van der Waals surface area contributed by atoms with Crippen LogP contribution in [0.2, 0.25) is 0 Å². The Morgan fingerprint density at radius 2 is 1.85 bits per heavy atom. The predicted octanol–water partition coefficient (Wildman–Crippen LogP) is 2.37. The summed E-state index contributed by atoms with van der Waals surface area (Å²) in [4.78, 5) is 11.7. The maximum absolute atomic E-state index is 4.84. The maximum Gasteiger partial charge on any atom is 0.159 e. The molecule has 0 spiro atoms. The van der Waals surface area contributed by atoms with Gasteiger partial charge in [-0.3, -0.25) is 4.98 Å². The van der Waals surface area contributed by atoms with E-state index in [2.05, 4.69) is 54.2 Å². The molecule has 27 heavy (non-hydrogen) atoms. The number of aromatic nitrogens is 5. The van der Waals surface area contributed by atoms with Gasteiger partial charge in [0, 0.05) is 54.9 Å². The number of benzene rings is 1. The lowest BCUT2D eigenvalue weighted by Crippen LogP contribution is -2.44. The van der Waals surface area contributed by atoms with Gasteiger partial charge < -0.3 is 14.6 Å². The highest BCUT2D eigenvalue weighted by molar-refractivity contribution is 6.01. The molecule has 3 aromatic heterocycles. The molecule has 5 rings (SSSR count). The summed E-state index contributed by atoms with van der Waals surface area (Å²) < 4.78 is 2.05. The second kappa shape index (κ2) is 6.28. The number of aryl methyl sites for hydroxylation is 2. The highest BCUT2D eigenvalue weighted by Crippen LogP contribution is 2.32. The monoisotopic (exact) mass is 359 g/mol. The van der Waals surface area contributed by atoms with E-state index in [1.54, 1.807) is 0 Å². The molecule has 1 N–H and O–H groups in total. The van der Waals surface area contributed by atoms with E-state index in [9.17, 15) is 0 Å². The zero-order valence-corrected chi connectivity index (χ0v) is 15.5. The first-order chi connectivity index (χ1) is 13.2. The lowest BCUT2D eigenvalue weighted by atomic mass is 10.0. The summed E-state index contributed by atoms with van der Waals surface area (Å²) in [5.41, 5.74) is 4.79. The van der Waals surface area contributed by atoms with Gasteiger partial charge in [-0.15, -0.1) is 5.10 Å². The Bertz CT molecular complexity index is 1140. The van der Waals surface area contributed by atoms with Crippen LogP contribution in [0.3, 0.4) is 0 Å². The molecule has 0 bridgehead atoms. The first kappa shape index (κ1) is 16.1. The van der Waals surface area contributed by atoms with E-state index in [-0.39, 0.29) is 0 Å². The van der Waals surface area contributed by atoms with Crippen molar-refractivity contribution in [2.24, 2.45) is 0 Å². The van der Waals surface area contributed by atoms with Crippen LogP contribution in [0.15, 0.2) is 36.8 Å². The fourth-order valence-corrected chi connectivity index (χ4v) is 3.86. The Hall–Kier alpha value is -3.06. The largest absolute Gasteiger partial charge is 0.352 e. The maximum atomic E-state index is 4.84. The number of imidazole rings is 1. The SMILES string of the molecule is Cc1cn2cc(-c3cccc4c(N5CCNCC5)nncc34)nc2c(C)n1. The number of fused-ring (bicyclic) bond motifs is 2. The fraction of sp³-hybridized carbons (Fsp3) is 0.300. The van der Waals surface area contributed by atoms with E-state index >= 15 is 0 Å². The third-order valence-electron chi connectivity index (χ3n) is 5.10. The molecule has 1 aliphatic heterocycles. The summed E-state index contributed by atoms with van der Waals surface area (Å²) in [5.74, 6) is 0.952. The Morgan fingerprint density at radius 1 is 1.00 bits per heavy atom. The van der Waals surface area contributed by atoms with Crippen molar-refractivity contribution in [1.29, 1.82) is 0 Å². The average molecular weight is 359 g/mol. The minimum absolute atomic E-state index is 0.886. The van der Waals surface area contributed by atoms with Gasteiger partial charge >= 0.3 is 0 Å². The number of nitrogens with one attached hydrogen (secondary N) is 1. The number of nitrogens with zero attached hydrogens (tertiary/aromatic N) is 6. The van der Waals surface area contributed by atoms with Crippen LogP contribution in [0, 0.1) is 13.8 Å².